The summed E-state index contributed by atoms with van der Waals surface area (Å²) >= 11 is 0. The van der Waals surface area contributed by atoms with Crippen molar-refractivity contribution < 1.29 is 14.6 Å². The van der Waals surface area contributed by atoms with E-state index in [0.717, 1.165) is 11.4 Å². The van der Waals surface area contributed by atoms with Crippen LogP contribution in [0.15, 0.2) is 24.3 Å². The first kappa shape index (κ1) is 13.8. The van der Waals surface area contributed by atoms with Gasteiger partial charge >= 0.3 is 5.97 Å². The molecule has 0 spiro atoms. The average Bonchev–Trinajstić information content (AvgIpc) is 2.39. The summed E-state index contributed by atoms with van der Waals surface area (Å²) in [5.74, 6) is -0.436. The van der Waals surface area contributed by atoms with Gasteiger partial charge in [0.25, 0.3) is 0 Å². The van der Waals surface area contributed by atoms with Gasteiger partial charge in [-0.15, -0.1) is 0 Å². The summed E-state index contributed by atoms with van der Waals surface area (Å²) < 4.78 is 4.60. The zero-order valence-corrected chi connectivity index (χ0v) is 11.5. The molecular weight excluding hydrogens is 258 g/mol. The van der Waals surface area contributed by atoms with E-state index in [9.17, 15) is 9.90 Å². The van der Waals surface area contributed by atoms with Crippen LogP contribution >= 0.6 is 0 Å². The Morgan fingerprint density at radius 1 is 1.25 bits per heavy atom. The molecule has 0 atom stereocenters. The first-order chi connectivity index (χ1) is 9.51. The molecule has 0 amide bonds. The van der Waals surface area contributed by atoms with Crippen LogP contribution in [0.4, 0.5) is 11.6 Å². The number of rotatable bonds is 3. The summed E-state index contributed by atoms with van der Waals surface area (Å²) in [4.78, 5) is 19.9. The number of esters is 1. The Balaban J connectivity index is 2.36. The number of aryl methyl sites for hydroxylation is 2. The fraction of sp³-hybridized carbons (Fsp3) is 0.214. The van der Waals surface area contributed by atoms with Crippen LogP contribution in [0, 0.1) is 13.8 Å². The molecule has 0 unspecified atom stereocenters. The van der Waals surface area contributed by atoms with Gasteiger partial charge in [-0.3, -0.25) is 0 Å². The van der Waals surface area contributed by atoms with E-state index in [1.807, 2.05) is 19.9 Å². The van der Waals surface area contributed by atoms with Gasteiger partial charge in [0.05, 0.1) is 12.8 Å². The van der Waals surface area contributed by atoms with Crippen LogP contribution in [0.25, 0.3) is 0 Å². The molecule has 1 heterocycles. The number of carbonyl (C=O) groups is 1. The number of methoxy groups -OCH3 is 1. The number of nitrogens with zero attached hydrogens (tertiary/aromatic N) is 2. The molecule has 1 aromatic heterocycles. The summed E-state index contributed by atoms with van der Waals surface area (Å²) in [7, 11) is 1.26. The van der Waals surface area contributed by atoms with Gasteiger partial charge in [-0.2, -0.15) is 0 Å². The maximum absolute atomic E-state index is 11.5. The van der Waals surface area contributed by atoms with Crippen LogP contribution in [0.2, 0.25) is 0 Å². The Kier molecular flexibility index (Phi) is 3.84. The molecular formula is C14H15N3O3. The van der Waals surface area contributed by atoms with E-state index in [2.05, 4.69) is 20.0 Å². The molecule has 6 nitrogen and oxygen atoms in total. The topological polar surface area (TPSA) is 84.3 Å². The highest BCUT2D eigenvalue weighted by Crippen LogP contribution is 2.29. The molecule has 104 valence electrons. The Bertz CT molecular complexity index is 636. The lowest BCUT2D eigenvalue weighted by Crippen LogP contribution is -2.04. The van der Waals surface area contributed by atoms with Crippen LogP contribution in [-0.2, 0) is 4.74 Å². The number of hydrogen-bond acceptors (Lipinski definition) is 6. The van der Waals surface area contributed by atoms with Gasteiger partial charge in [0.15, 0.2) is 5.75 Å². The molecule has 20 heavy (non-hydrogen) atoms. The first-order valence-electron chi connectivity index (χ1n) is 6.01. The lowest BCUT2D eigenvalue weighted by atomic mass is 10.1. The van der Waals surface area contributed by atoms with E-state index >= 15 is 0 Å². The zero-order chi connectivity index (χ0) is 14.7. The van der Waals surface area contributed by atoms with E-state index in [1.165, 1.54) is 13.2 Å². The maximum Gasteiger partial charge on any atom is 0.341 e. The van der Waals surface area contributed by atoms with Crippen molar-refractivity contribution in [1.82, 2.24) is 9.97 Å². The van der Waals surface area contributed by atoms with Gasteiger partial charge in [-0.25, -0.2) is 14.8 Å². The second-order valence-corrected chi connectivity index (χ2v) is 4.29. The number of para-hydroxylation sites is 1. The number of phenols is 1. The fourth-order valence-electron chi connectivity index (χ4n) is 1.82. The molecule has 2 rings (SSSR count). The summed E-state index contributed by atoms with van der Waals surface area (Å²) in [5.41, 5.74) is 2.05. The maximum atomic E-state index is 11.5. The Hall–Kier alpha value is -2.63. The van der Waals surface area contributed by atoms with Crippen LogP contribution in [0.3, 0.4) is 0 Å². The second-order valence-electron chi connectivity index (χ2n) is 4.29. The zero-order valence-electron chi connectivity index (χ0n) is 11.5. The third-order valence-corrected chi connectivity index (χ3v) is 2.67. The Morgan fingerprint density at radius 3 is 2.50 bits per heavy atom. The summed E-state index contributed by atoms with van der Waals surface area (Å²) in [6.45, 7) is 3.70. The molecule has 0 radical (unpaired) electrons. The molecule has 0 aliphatic rings. The van der Waals surface area contributed by atoms with Crippen molar-refractivity contribution in [2.45, 2.75) is 13.8 Å². The minimum Gasteiger partial charge on any atom is -0.505 e. The minimum atomic E-state index is -0.604. The van der Waals surface area contributed by atoms with Crippen LogP contribution in [0.1, 0.15) is 21.7 Å². The number of aromatic nitrogens is 2. The number of phenolic OH excluding ortho intramolecular Hbond substituents is 1. The monoisotopic (exact) mass is 273 g/mol. The number of ether oxygens (including phenoxy) is 1. The molecule has 0 bridgehead atoms. The van der Waals surface area contributed by atoms with Gasteiger partial charge in [0.2, 0.25) is 5.95 Å². The largest absolute Gasteiger partial charge is 0.505 e. The number of aromatic hydroxyl groups is 1. The fourth-order valence-corrected chi connectivity index (χ4v) is 1.82. The molecule has 2 aromatic rings. The van der Waals surface area contributed by atoms with Crippen molar-refractivity contribution in [3.8, 4) is 5.75 Å². The second kappa shape index (κ2) is 5.56. The molecule has 0 aliphatic heterocycles. The van der Waals surface area contributed by atoms with Crippen molar-refractivity contribution >= 4 is 17.6 Å². The summed E-state index contributed by atoms with van der Waals surface area (Å²) in [5, 5.41) is 13.0. The molecule has 1 aromatic carbocycles. The highest BCUT2D eigenvalue weighted by molar-refractivity contribution is 5.94. The third kappa shape index (κ3) is 2.85. The molecule has 2 N–H and O–H groups in total. The highest BCUT2D eigenvalue weighted by Gasteiger charge is 2.15. The minimum absolute atomic E-state index is 0.0851. The number of nitrogens with one attached hydrogen (secondary N) is 1. The van der Waals surface area contributed by atoms with E-state index < -0.39 is 5.97 Å². The number of hydrogen-bond donors (Lipinski definition) is 2. The lowest BCUT2D eigenvalue weighted by Gasteiger charge is -2.10. The smallest absolute Gasteiger partial charge is 0.341 e. The summed E-state index contributed by atoms with van der Waals surface area (Å²) in [6.07, 6.45) is 0. The number of carbonyl (C=O) groups excluding carboxylic acids is 1. The van der Waals surface area contributed by atoms with Gasteiger partial charge < -0.3 is 15.2 Å². The normalized spacial score (nSPS) is 10.2. The van der Waals surface area contributed by atoms with Crippen LogP contribution < -0.4 is 5.32 Å². The van der Waals surface area contributed by atoms with Crippen molar-refractivity contribution in [2.24, 2.45) is 0 Å². The predicted octanol–water partition coefficient (Wildman–Crippen LogP) is 2.33. The lowest BCUT2D eigenvalue weighted by molar-refractivity contribution is 0.0597. The highest BCUT2D eigenvalue weighted by atomic mass is 16.5. The van der Waals surface area contributed by atoms with Crippen molar-refractivity contribution in [3.05, 3.63) is 41.2 Å². The molecule has 0 aliphatic carbocycles. The van der Waals surface area contributed by atoms with E-state index in [1.54, 1.807) is 12.1 Å². The van der Waals surface area contributed by atoms with Crippen molar-refractivity contribution in [1.29, 1.82) is 0 Å². The van der Waals surface area contributed by atoms with Gasteiger partial charge in [0, 0.05) is 11.4 Å². The van der Waals surface area contributed by atoms with E-state index in [-0.39, 0.29) is 11.3 Å². The SMILES string of the molecule is COC(=O)c1cccc(Nc2nc(C)cc(C)n2)c1O. The van der Waals surface area contributed by atoms with E-state index in [0.29, 0.717) is 11.6 Å². The predicted molar refractivity (Wildman–Crippen MR) is 74.2 cm³/mol. The quantitative estimate of drug-likeness (QED) is 0.659. The van der Waals surface area contributed by atoms with Crippen LogP contribution in [-0.4, -0.2) is 28.2 Å². The molecule has 0 fully saturated rings. The van der Waals surface area contributed by atoms with Gasteiger partial charge in [-0.05, 0) is 32.0 Å². The third-order valence-electron chi connectivity index (χ3n) is 2.67. The molecule has 0 saturated heterocycles. The van der Waals surface area contributed by atoms with Crippen molar-refractivity contribution in [3.63, 3.8) is 0 Å². The Labute approximate surface area is 116 Å². The molecule has 6 heteroatoms. The standard InChI is InChI=1S/C14H15N3O3/c1-8-7-9(2)16-14(15-8)17-11-6-4-5-10(12(11)18)13(19)20-3/h4-7,18H,1-3H3,(H,15,16,17). The van der Waals surface area contributed by atoms with E-state index in [4.69, 9.17) is 0 Å². The first-order valence-corrected chi connectivity index (χ1v) is 6.01. The van der Waals surface area contributed by atoms with Gasteiger partial charge in [-0.1, -0.05) is 6.07 Å². The number of benzene rings is 1. The van der Waals surface area contributed by atoms with Gasteiger partial charge in [0.1, 0.15) is 5.56 Å². The number of anilines is 2. The molecule has 0 saturated carbocycles. The average molecular weight is 273 g/mol. The van der Waals surface area contributed by atoms with Crippen LogP contribution in [0.5, 0.6) is 5.75 Å². The summed E-state index contributed by atoms with van der Waals surface area (Å²) in [6, 6.07) is 6.59. The Morgan fingerprint density at radius 2 is 1.90 bits per heavy atom. The van der Waals surface area contributed by atoms with Crippen molar-refractivity contribution in [2.75, 3.05) is 12.4 Å².